The van der Waals surface area contributed by atoms with Crippen LogP contribution in [0.15, 0.2) is 34.4 Å². The summed E-state index contributed by atoms with van der Waals surface area (Å²) in [6, 6.07) is 0. The number of hydrogen-bond acceptors (Lipinski definition) is 0. The maximum absolute atomic E-state index is 3.19. The van der Waals surface area contributed by atoms with Gasteiger partial charge in [0.1, 0.15) is 0 Å². The maximum Gasteiger partial charge on any atom is 0 e. The first-order chi connectivity index (χ1) is 6.61. The molecule has 0 bridgehead atoms. The molecule has 1 heteroatoms. The minimum absolute atomic E-state index is 0. The third-order valence-corrected chi connectivity index (χ3v) is 2.73. The zero-order valence-corrected chi connectivity index (χ0v) is 13.7. The van der Waals surface area contributed by atoms with E-state index in [0.29, 0.717) is 0 Å². The van der Waals surface area contributed by atoms with Crippen LogP contribution in [0.3, 0.4) is 0 Å². The second kappa shape index (κ2) is 7.16. The van der Waals surface area contributed by atoms with Crippen molar-refractivity contribution in [3.8, 4) is 0 Å². The summed E-state index contributed by atoms with van der Waals surface area (Å²) >= 11 is 0. The zero-order chi connectivity index (χ0) is 10.6. The van der Waals surface area contributed by atoms with Crippen LogP contribution < -0.4 is 0 Å². The standard InChI is InChI=1S/2C7H9.Hf.2H/c2*1-6-4-3-5-7(6)2;;;/h2*4H,3H2,1-2H3;;;/q2*-1;;2*-1. The molecule has 0 heterocycles. The Balaban J connectivity index is -0.000000196. The summed E-state index contributed by atoms with van der Waals surface area (Å²) in [4.78, 5) is 0. The predicted octanol–water partition coefficient (Wildman–Crippen LogP) is 4.39. The number of hydrogen-bond donors (Lipinski definition) is 0. The molecule has 0 unspecified atom stereocenters. The third kappa shape index (κ3) is 4.92. The summed E-state index contributed by atoms with van der Waals surface area (Å²) in [6.45, 7) is 8.43. The van der Waals surface area contributed by atoms with Crippen molar-refractivity contribution in [2.24, 2.45) is 0 Å². The van der Waals surface area contributed by atoms with Crippen LogP contribution in [-0.2, 0) is 25.8 Å². The van der Waals surface area contributed by atoms with E-state index in [2.05, 4.69) is 52.0 Å². The van der Waals surface area contributed by atoms with Crippen molar-refractivity contribution in [1.82, 2.24) is 0 Å². The van der Waals surface area contributed by atoms with E-state index < -0.39 is 0 Å². The average Bonchev–Trinajstić information content (AvgIpc) is 2.67. The van der Waals surface area contributed by atoms with Gasteiger partial charge in [-0.2, -0.15) is 12.2 Å². The fourth-order valence-corrected chi connectivity index (χ4v) is 1.30. The monoisotopic (exact) mass is 368 g/mol. The molecule has 2 rings (SSSR count). The molecule has 0 atom stereocenters. The van der Waals surface area contributed by atoms with Crippen molar-refractivity contribution >= 4 is 0 Å². The molecular weight excluding hydrogens is 347 g/mol. The van der Waals surface area contributed by atoms with Crippen molar-refractivity contribution in [2.45, 2.75) is 40.5 Å². The number of allylic oxidation sites excluding steroid dienone is 8. The summed E-state index contributed by atoms with van der Waals surface area (Å²) < 4.78 is 0. The Hall–Kier alpha value is -0.170. The van der Waals surface area contributed by atoms with Crippen molar-refractivity contribution < 1.29 is 28.7 Å². The van der Waals surface area contributed by atoms with Crippen molar-refractivity contribution in [1.29, 1.82) is 0 Å². The molecule has 2 aliphatic carbocycles. The zero-order valence-electron chi connectivity index (χ0n) is 12.1. The summed E-state index contributed by atoms with van der Waals surface area (Å²) in [5, 5.41) is 0. The smallest absolute Gasteiger partial charge is 0 e. The van der Waals surface area contributed by atoms with Crippen LogP contribution in [0.25, 0.3) is 0 Å². The van der Waals surface area contributed by atoms with Crippen LogP contribution in [0, 0.1) is 12.2 Å². The summed E-state index contributed by atoms with van der Waals surface area (Å²) in [5.41, 5.74) is 5.42. The Morgan fingerprint density at radius 3 is 1.27 bits per heavy atom. The van der Waals surface area contributed by atoms with Gasteiger partial charge in [0, 0.05) is 25.8 Å². The summed E-state index contributed by atoms with van der Waals surface area (Å²) in [5.74, 6) is 0. The third-order valence-electron chi connectivity index (χ3n) is 2.73. The van der Waals surface area contributed by atoms with Gasteiger partial charge in [-0.15, -0.1) is 26.7 Å². The minimum Gasteiger partial charge on any atom is -1.00 e. The first-order valence-corrected chi connectivity index (χ1v) is 5.10. The molecule has 0 saturated carbocycles. The topological polar surface area (TPSA) is 0 Å². The normalized spacial score (nSPS) is 17.9. The van der Waals surface area contributed by atoms with E-state index in [0.717, 1.165) is 12.8 Å². The Labute approximate surface area is 116 Å². The fourth-order valence-electron chi connectivity index (χ4n) is 1.30. The van der Waals surface area contributed by atoms with E-state index >= 15 is 0 Å². The molecular formula is C14H20Hf-4. The van der Waals surface area contributed by atoms with Gasteiger partial charge in [-0.3, -0.25) is 12.2 Å². The molecule has 0 saturated heterocycles. The fraction of sp³-hybridized carbons (Fsp3) is 0.429. The molecule has 15 heavy (non-hydrogen) atoms. The molecule has 2 aliphatic rings. The molecule has 84 valence electrons. The van der Waals surface area contributed by atoms with Gasteiger partial charge in [0.2, 0.25) is 0 Å². The van der Waals surface area contributed by atoms with Crippen LogP contribution in [0.2, 0.25) is 0 Å². The Morgan fingerprint density at radius 1 is 0.867 bits per heavy atom. The van der Waals surface area contributed by atoms with Crippen LogP contribution >= 0.6 is 0 Å². The second-order valence-electron chi connectivity index (χ2n) is 3.79. The SMILES string of the molecule is CC1=[C-]CC=C1C.CC1=[C-]CC=C1C.[H-].[H-].[Hf]. The van der Waals surface area contributed by atoms with Gasteiger partial charge < -0.3 is 2.85 Å². The van der Waals surface area contributed by atoms with E-state index in [1.807, 2.05) is 0 Å². The molecule has 0 aromatic carbocycles. The molecule has 0 spiro atoms. The van der Waals surface area contributed by atoms with Crippen molar-refractivity contribution in [3.05, 3.63) is 46.6 Å². The van der Waals surface area contributed by atoms with E-state index in [1.54, 1.807) is 0 Å². The van der Waals surface area contributed by atoms with Gasteiger partial charge in [0.25, 0.3) is 0 Å². The van der Waals surface area contributed by atoms with Gasteiger partial charge in [-0.25, -0.2) is 22.3 Å². The molecule has 0 aromatic heterocycles. The van der Waals surface area contributed by atoms with Gasteiger partial charge in [-0.1, -0.05) is 13.8 Å². The average molecular weight is 367 g/mol. The number of rotatable bonds is 0. The van der Waals surface area contributed by atoms with Crippen LogP contribution in [0.4, 0.5) is 0 Å². The first kappa shape index (κ1) is 14.8. The van der Waals surface area contributed by atoms with E-state index in [4.69, 9.17) is 0 Å². The maximum atomic E-state index is 3.19. The quantitative estimate of drug-likeness (QED) is 0.440. The molecule has 0 radical (unpaired) electrons. The molecule has 0 aliphatic heterocycles. The van der Waals surface area contributed by atoms with Gasteiger partial charge >= 0.3 is 0 Å². The molecule has 0 fully saturated rings. The van der Waals surface area contributed by atoms with Gasteiger partial charge in [-0.05, 0) is 0 Å². The van der Waals surface area contributed by atoms with Crippen LogP contribution in [0.5, 0.6) is 0 Å². The van der Waals surface area contributed by atoms with E-state index in [9.17, 15) is 0 Å². The van der Waals surface area contributed by atoms with Crippen molar-refractivity contribution in [2.75, 3.05) is 0 Å². The Morgan fingerprint density at radius 2 is 1.20 bits per heavy atom. The van der Waals surface area contributed by atoms with E-state index in [-0.39, 0.29) is 28.7 Å². The van der Waals surface area contributed by atoms with E-state index in [1.165, 1.54) is 22.3 Å². The molecule has 0 nitrogen and oxygen atoms in total. The molecule has 0 N–H and O–H groups in total. The summed E-state index contributed by atoms with van der Waals surface area (Å²) in [7, 11) is 0. The van der Waals surface area contributed by atoms with Crippen LogP contribution in [0.1, 0.15) is 43.4 Å². The van der Waals surface area contributed by atoms with Gasteiger partial charge in [0.05, 0.1) is 0 Å². The minimum atomic E-state index is 0. The largest absolute Gasteiger partial charge is 1.00 e. The van der Waals surface area contributed by atoms with Crippen molar-refractivity contribution in [3.63, 3.8) is 0 Å². The predicted molar refractivity (Wildman–Crippen MR) is 63.8 cm³/mol. The Kier molecular flexibility index (Phi) is 7.08. The van der Waals surface area contributed by atoms with Gasteiger partial charge in [0.15, 0.2) is 0 Å². The van der Waals surface area contributed by atoms with Crippen LogP contribution in [-0.4, -0.2) is 0 Å². The summed E-state index contributed by atoms with van der Waals surface area (Å²) in [6.07, 6.45) is 12.8. The Bertz CT molecular complexity index is 270. The second-order valence-corrected chi connectivity index (χ2v) is 3.79. The first-order valence-electron chi connectivity index (χ1n) is 5.10. The molecule has 0 aromatic rings. The molecule has 0 amide bonds.